The van der Waals surface area contributed by atoms with E-state index >= 15 is 0 Å². The Hall–Kier alpha value is -2.40. The van der Waals surface area contributed by atoms with Gasteiger partial charge >= 0.3 is 0 Å². The van der Waals surface area contributed by atoms with Crippen LogP contribution < -0.4 is 4.74 Å². The summed E-state index contributed by atoms with van der Waals surface area (Å²) in [6.45, 7) is 6.97. The number of hydrogen-bond acceptors (Lipinski definition) is 3. The van der Waals surface area contributed by atoms with E-state index in [-0.39, 0.29) is 11.7 Å². The van der Waals surface area contributed by atoms with Crippen molar-refractivity contribution in [2.45, 2.75) is 19.8 Å². The van der Waals surface area contributed by atoms with Gasteiger partial charge in [-0.15, -0.1) is 0 Å². The standard InChI is InChI=1S/C22H27FN2O2/c1-18-3-5-19(6-4-18)17-22(26)25-14-12-24(13-15-25)11-2-16-27-21-9-7-20(23)8-10-21/h3-10H,2,11-17H2,1H3. The topological polar surface area (TPSA) is 32.8 Å². The molecule has 1 saturated heterocycles. The first kappa shape index (κ1) is 19.4. The van der Waals surface area contributed by atoms with Crippen LogP contribution in [-0.4, -0.2) is 55.0 Å². The third-order valence-corrected chi connectivity index (χ3v) is 4.90. The highest BCUT2D eigenvalue weighted by atomic mass is 19.1. The Balaban J connectivity index is 1.33. The summed E-state index contributed by atoms with van der Waals surface area (Å²) in [6.07, 6.45) is 1.39. The SMILES string of the molecule is Cc1ccc(CC(=O)N2CCN(CCCOc3ccc(F)cc3)CC2)cc1. The molecule has 0 spiro atoms. The third-order valence-electron chi connectivity index (χ3n) is 4.90. The predicted molar refractivity (Wildman–Crippen MR) is 104 cm³/mol. The molecule has 1 aliphatic rings. The number of halogens is 1. The molecule has 1 aliphatic heterocycles. The lowest BCUT2D eigenvalue weighted by atomic mass is 10.1. The van der Waals surface area contributed by atoms with Gasteiger partial charge < -0.3 is 9.64 Å². The Morgan fingerprint density at radius 2 is 1.67 bits per heavy atom. The number of carbonyl (C=O) groups is 1. The number of ether oxygens (including phenoxy) is 1. The number of nitrogens with zero attached hydrogens (tertiary/aromatic N) is 2. The Morgan fingerprint density at radius 1 is 1.00 bits per heavy atom. The Morgan fingerprint density at radius 3 is 2.33 bits per heavy atom. The van der Waals surface area contributed by atoms with Gasteiger partial charge in [0.2, 0.25) is 5.91 Å². The molecular formula is C22H27FN2O2. The second kappa shape index (κ2) is 9.51. The molecule has 0 saturated carbocycles. The first-order chi connectivity index (χ1) is 13.1. The van der Waals surface area contributed by atoms with Crippen LogP contribution in [0.15, 0.2) is 48.5 Å². The van der Waals surface area contributed by atoms with Crippen molar-refractivity contribution >= 4 is 5.91 Å². The van der Waals surface area contributed by atoms with Crippen molar-refractivity contribution in [3.8, 4) is 5.75 Å². The maximum atomic E-state index is 12.9. The van der Waals surface area contributed by atoms with Crippen molar-refractivity contribution in [3.63, 3.8) is 0 Å². The minimum Gasteiger partial charge on any atom is -0.494 e. The van der Waals surface area contributed by atoms with Gasteiger partial charge in [0.05, 0.1) is 13.0 Å². The fourth-order valence-electron chi connectivity index (χ4n) is 3.22. The van der Waals surface area contributed by atoms with Crippen molar-refractivity contribution in [2.24, 2.45) is 0 Å². The van der Waals surface area contributed by atoms with Gasteiger partial charge in [0.1, 0.15) is 11.6 Å². The first-order valence-corrected chi connectivity index (χ1v) is 9.54. The lowest BCUT2D eigenvalue weighted by Crippen LogP contribution is -2.49. The third kappa shape index (κ3) is 6.07. The normalized spacial score (nSPS) is 15.0. The van der Waals surface area contributed by atoms with Crippen LogP contribution in [0.5, 0.6) is 5.75 Å². The Kier molecular flexibility index (Phi) is 6.82. The molecular weight excluding hydrogens is 343 g/mol. The fourth-order valence-corrected chi connectivity index (χ4v) is 3.22. The summed E-state index contributed by atoms with van der Waals surface area (Å²) < 4.78 is 18.5. The zero-order chi connectivity index (χ0) is 19.1. The highest BCUT2D eigenvalue weighted by Crippen LogP contribution is 2.12. The number of aryl methyl sites for hydroxylation is 1. The van der Waals surface area contributed by atoms with Crippen LogP contribution >= 0.6 is 0 Å². The number of amides is 1. The van der Waals surface area contributed by atoms with Crippen LogP contribution in [0.4, 0.5) is 4.39 Å². The number of carbonyl (C=O) groups excluding carboxylic acids is 1. The van der Waals surface area contributed by atoms with Crippen LogP contribution in [0.3, 0.4) is 0 Å². The largest absolute Gasteiger partial charge is 0.494 e. The monoisotopic (exact) mass is 370 g/mol. The van der Waals surface area contributed by atoms with Gasteiger partial charge in [-0.25, -0.2) is 4.39 Å². The van der Waals surface area contributed by atoms with Crippen LogP contribution in [0, 0.1) is 12.7 Å². The second-order valence-corrected chi connectivity index (χ2v) is 7.04. The summed E-state index contributed by atoms with van der Waals surface area (Å²) >= 11 is 0. The molecule has 0 atom stereocenters. The first-order valence-electron chi connectivity index (χ1n) is 9.54. The van der Waals surface area contributed by atoms with E-state index in [0.29, 0.717) is 18.8 Å². The van der Waals surface area contributed by atoms with Gasteiger partial charge in [-0.05, 0) is 43.2 Å². The predicted octanol–water partition coefficient (Wildman–Crippen LogP) is 3.29. The van der Waals surface area contributed by atoms with Gasteiger partial charge in [-0.3, -0.25) is 9.69 Å². The van der Waals surface area contributed by atoms with Crippen molar-refractivity contribution in [1.82, 2.24) is 9.80 Å². The molecule has 0 aliphatic carbocycles. The van der Waals surface area contributed by atoms with E-state index < -0.39 is 0 Å². The highest BCUT2D eigenvalue weighted by Gasteiger charge is 2.20. The molecule has 2 aromatic carbocycles. The molecule has 27 heavy (non-hydrogen) atoms. The quantitative estimate of drug-likeness (QED) is 0.701. The zero-order valence-electron chi connectivity index (χ0n) is 15.9. The van der Waals surface area contributed by atoms with E-state index in [1.807, 2.05) is 17.0 Å². The summed E-state index contributed by atoms with van der Waals surface area (Å²) in [5.41, 5.74) is 2.29. The van der Waals surface area contributed by atoms with Crippen LogP contribution in [0.2, 0.25) is 0 Å². The number of hydrogen-bond donors (Lipinski definition) is 0. The van der Waals surface area contributed by atoms with Crippen LogP contribution in [0.25, 0.3) is 0 Å². The summed E-state index contributed by atoms with van der Waals surface area (Å²) in [7, 11) is 0. The lowest BCUT2D eigenvalue weighted by Gasteiger charge is -2.34. The average Bonchev–Trinajstić information content (AvgIpc) is 2.69. The molecule has 0 aromatic heterocycles. The van der Waals surface area contributed by atoms with Crippen molar-refractivity contribution in [1.29, 1.82) is 0 Å². The fraction of sp³-hybridized carbons (Fsp3) is 0.409. The summed E-state index contributed by atoms with van der Waals surface area (Å²) in [4.78, 5) is 16.8. The number of piperazine rings is 1. The molecule has 3 rings (SSSR count). The lowest BCUT2D eigenvalue weighted by molar-refractivity contribution is -0.132. The molecule has 0 radical (unpaired) electrons. The number of benzene rings is 2. The maximum Gasteiger partial charge on any atom is 0.227 e. The molecule has 0 bridgehead atoms. The van der Waals surface area contributed by atoms with Crippen LogP contribution in [0.1, 0.15) is 17.5 Å². The van der Waals surface area contributed by atoms with Crippen molar-refractivity contribution < 1.29 is 13.9 Å². The zero-order valence-corrected chi connectivity index (χ0v) is 15.9. The van der Waals surface area contributed by atoms with E-state index in [9.17, 15) is 9.18 Å². The van der Waals surface area contributed by atoms with E-state index in [1.165, 1.54) is 17.7 Å². The van der Waals surface area contributed by atoms with Gasteiger partial charge in [0.15, 0.2) is 0 Å². The molecule has 1 heterocycles. The smallest absolute Gasteiger partial charge is 0.227 e. The molecule has 4 nitrogen and oxygen atoms in total. The summed E-state index contributed by atoms with van der Waals surface area (Å²) in [6, 6.07) is 14.3. The Labute approximate surface area is 160 Å². The van der Waals surface area contributed by atoms with E-state index in [1.54, 1.807) is 12.1 Å². The molecule has 0 N–H and O–H groups in total. The van der Waals surface area contributed by atoms with Crippen molar-refractivity contribution in [2.75, 3.05) is 39.3 Å². The van der Waals surface area contributed by atoms with E-state index in [0.717, 1.165) is 44.7 Å². The molecule has 1 amide bonds. The molecule has 144 valence electrons. The molecule has 5 heteroatoms. The van der Waals surface area contributed by atoms with E-state index in [4.69, 9.17) is 4.74 Å². The molecule has 2 aromatic rings. The number of rotatable bonds is 7. The van der Waals surface area contributed by atoms with E-state index in [2.05, 4.69) is 24.0 Å². The van der Waals surface area contributed by atoms with Gasteiger partial charge in [0.25, 0.3) is 0 Å². The van der Waals surface area contributed by atoms with Crippen LogP contribution in [-0.2, 0) is 11.2 Å². The minimum absolute atomic E-state index is 0.207. The highest BCUT2D eigenvalue weighted by molar-refractivity contribution is 5.78. The van der Waals surface area contributed by atoms with Gasteiger partial charge in [-0.1, -0.05) is 29.8 Å². The van der Waals surface area contributed by atoms with Crippen molar-refractivity contribution in [3.05, 3.63) is 65.5 Å². The van der Waals surface area contributed by atoms with Gasteiger partial charge in [-0.2, -0.15) is 0 Å². The second-order valence-electron chi connectivity index (χ2n) is 7.04. The molecule has 1 fully saturated rings. The Bertz CT molecular complexity index is 723. The maximum absolute atomic E-state index is 12.9. The average molecular weight is 370 g/mol. The summed E-state index contributed by atoms with van der Waals surface area (Å²) in [5.74, 6) is 0.651. The molecule has 0 unspecified atom stereocenters. The summed E-state index contributed by atoms with van der Waals surface area (Å²) in [5, 5.41) is 0. The van der Waals surface area contributed by atoms with Gasteiger partial charge in [0, 0.05) is 32.7 Å². The minimum atomic E-state index is -0.253.